The van der Waals surface area contributed by atoms with E-state index in [1.165, 1.54) is 0 Å². The van der Waals surface area contributed by atoms with E-state index in [-0.39, 0.29) is 11.9 Å². The van der Waals surface area contributed by atoms with Crippen molar-refractivity contribution in [3.05, 3.63) is 53.1 Å². The lowest BCUT2D eigenvalue weighted by atomic mass is 10.2. The molecule has 0 aliphatic carbocycles. The van der Waals surface area contributed by atoms with Crippen LogP contribution in [0.2, 0.25) is 5.02 Å². The van der Waals surface area contributed by atoms with Crippen molar-refractivity contribution in [1.82, 2.24) is 15.3 Å². The Morgan fingerprint density at radius 2 is 2.20 bits per heavy atom. The summed E-state index contributed by atoms with van der Waals surface area (Å²) < 4.78 is 0. The zero-order valence-corrected chi connectivity index (χ0v) is 12.7. The summed E-state index contributed by atoms with van der Waals surface area (Å²) in [5.74, 6) is 1.99. The number of nitrogens with one attached hydrogen (secondary N) is 2. The molecule has 1 aromatic heterocycles. The highest BCUT2D eigenvalue weighted by Crippen LogP contribution is 2.15. The number of hydrogen-bond donors (Lipinski definition) is 2. The number of amides is 1. The molecule has 2 rings (SSSR count). The number of rotatable bonds is 6. The average Bonchev–Trinajstić information content (AvgIpc) is 2.95. The first-order valence-electron chi connectivity index (χ1n) is 6.26. The van der Waals surface area contributed by atoms with Crippen molar-refractivity contribution >= 4 is 29.3 Å². The highest BCUT2D eigenvalue weighted by atomic mass is 35.5. The summed E-state index contributed by atoms with van der Waals surface area (Å²) in [6, 6.07) is 7.55. The fourth-order valence-electron chi connectivity index (χ4n) is 1.71. The van der Waals surface area contributed by atoms with Crippen molar-refractivity contribution in [3.63, 3.8) is 0 Å². The van der Waals surface area contributed by atoms with Crippen LogP contribution in [0.5, 0.6) is 0 Å². The van der Waals surface area contributed by atoms with Gasteiger partial charge in [-0.2, -0.15) is 0 Å². The molecule has 0 aliphatic rings. The Balaban J connectivity index is 1.71. The molecule has 2 aromatic rings. The molecule has 106 valence electrons. The Bertz CT molecular complexity index is 542. The van der Waals surface area contributed by atoms with Crippen molar-refractivity contribution < 1.29 is 4.79 Å². The number of carbonyl (C=O) groups excluding carboxylic acids is 1. The van der Waals surface area contributed by atoms with E-state index in [4.69, 9.17) is 11.6 Å². The quantitative estimate of drug-likeness (QED) is 0.861. The number of aromatic nitrogens is 2. The predicted octanol–water partition coefficient (Wildman–Crippen LogP) is 3.17. The second-order valence-electron chi connectivity index (χ2n) is 4.38. The van der Waals surface area contributed by atoms with Crippen LogP contribution in [0.4, 0.5) is 0 Å². The summed E-state index contributed by atoms with van der Waals surface area (Å²) in [6.45, 7) is 1.90. The lowest BCUT2D eigenvalue weighted by molar-refractivity contribution is -0.119. The molecule has 1 atom stereocenters. The first-order chi connectivity index (χ1) is 9.65. The average molecular weight is 310 g/mol. The molecule has 6 heteroatoms. The molecule has 4 nitrogen and oxygen atoms in total. The maximum absolute atomic E-state index is 11.8. The number of H-pyrrole nitrogens is 1. The number of hydrogen-bond acceptors (Lipinski definition) is 3. The molecule has 0 radical (unpaired) electrons. The first kappa shape index (κ1) is 14.9. The number of halogens is 1. The normalized spacial score (nSPS) is 12.1. The lowest BCUT2D eigenvalue weighted by Gasteiger charge is -2.11. The van der Waals surface area contributed by atoms with E-state index in [1.807, 2.05) is 31.2 Å². The summed E-state index contributed by atoms with van der Waals surface area (Å²) in [5, 5.41) is 3.63. The SMILES string of the molecule is CC(NC(=O)CSCc1ccc(Cl)cc1)c1ncc[nH]1. The third kappa shape index (κ3) is 4.58. The summed E-state index contributed by atoms with van der Waals surface area (Å²) in [5.41, 5.74) is 1.16. The molecular weight excluding hydrogens is 294 g/mol. The van der Waals surface area contributed by atoms with Crippen LogP contribution >= 0.6 is 23.4 Å². The molecule has 0 spiro atoms. The number of benzene rings is 1. The summed E-state index contributed by atoms with van der Waals surface area (Å²) >= 11 is 7.40. The molecular formula is C14H16ClN3OS. The monoisotopic (exact) mass is 309 g/mol. The molecule has 0 saturated carbocycles. The fourth-order valence-corrected chi connectivity index (χ4v) is 2.63. The number of thioether (sulfide) groups is 1. The van der Waals surface area contributed by atoms with E-state index < -0.39 is 0 Å². The summed E-state index contributed by atoms with van der Waals surface area (Å²) in [4.78, 5) is 18.9. The van der Waals surface area contributed by atoms with Crippen LogP contribution in [0.3, 0.4) is 0 Å². The van der Waals surface area contributed by atoms with E-state index in [9.17, 15) is 4.79 Å². The molecule has 1 unspecified atom stereocenters. The zero-order chi connectivity index (χ0) is 14.4. The Kier molecular flexibility index (Phi) is 5.49. The van der Waals surface area contributed by atoms with Crippen LogP contribution < -0.4 is 5.32 Å². The fraction of sp³-hybridized carbons (Fsp3) is 0.286. The Morgan fingerprint density at radius 3 is 2.85 bits per heavy atom. The van der Waals surface area contributed by atoms with Gasteiger partial charge in [0, 0.05) is 23.2 Å². The minimum Gasteiger partial charge on any atom is -0.347 e. The number of nitrogens with zero attached hydrogens (tertiary/aromatic N) is 1. The number of imidazole rings is 1. The van der Waals surface area contributed by atoms with Gasteiger partial charge in [-0.3, -0.25) is 4.79 Å². The van der Waals surface area contributed by atoms with Gasteiger partial charge < -0.3 is 10.3 Å². The Morgan fingerprint density at radius 1 is 1.45 bits per heavy atom. The Labute approximate surface area is 127 Å². The predicted molar refractivity (Wildman–Crippen MR) is 82.8 cm³/mol. The van der Waals surface area contributed by atoms with Crippen LogP contribution in [0.1, 0.15) is 24.4 Å². The zero-order valence-electron chi connectivity index (χ0n) is 11.1. The van der Waals surface area contributed by atoms with Crippen molar-refractivity contribution in [3.8, 4) is 0 Å². The topological polar surface area (TPSA) is 57.8 Å². The first-order valence-corrected chi connectivity index (χ1v) is 7.79. The minimum absolute atomic E-state index is 0.00728. The van der Waals surface area contributed by atoms with Gasteiger partial charge in [-0.15, -0.1) is 11.8 Å². The largest absolute Gasteiger partial charge is 0.347 e. The van der Waals surface area contributed by atoms with Gasteiger partial charge in [-0.25, -0.2) is 4.98 Å². The second kappa shape index (κ2) is 7.36. The van der Waals surface area contributed by atoms with Crippen molar-refractivity contribution in [2.24, 2.45) is 0 Å². The van der Waals surface area contributed by atoms with Gasteiger partial charge in [-0.05, 0) is 24.6 Å². The highest BCUT2D eigenvalue weighted by Gasteiger charge is 2.11. The molecule has 0 bridgehead atoms. The van der Waals surface area contributed by atoms with Gasteiger partial charge in [0.25, 0.3) is 0 Å². The Hall–Kier alpha value is -1.46. The molecule has 0 saturated heterocycles. The summed E-state index contributed by atoms with van der Waals surface area (Å²) in [6.07, 6.45) is 3.42. The number of carbonyl (C=O) groups is 1. The van der Waals surface area contributed by atoms with Gasteiger partial charge >= 0.3 is 0 Å². The van der Waals surface area contributed by atoms with E-state index >= 15 is 0 Å². The van der Waals surface area contributed by atoms with Crippen LogP contribution in [0.15, 0.2) is 36.7 Å². The molecule has 1 aromatic carbocycles. The third-order valence-electron chi connectivity index (χ3n) is 2.72. The molecule has 1 heterocycles. The van der Waals surface area contributed by atoms with Crippen LogP contribution in [0.25, 0.3) is 0 Å². The highest BCUT2D eigenvalue weighted by molar-refractivity contribution is 7.99. The van der Waals surface area contributed by atoms with Crippen LogP contribution in [-0.4, -0.2) is 21.6 Å². The van der Waals surface area contributed by atoms with E-state index in [2.05, 4.69) is 15.3 Å². The molecule has 0 aliphatic heterocycles. The molecule has 20 heavy (non-hydrogen) atoms. The second-order valence-corrected chi connectivity index (χ2v) is 5.80. The van der Waals surface area contributed by atoms with Gasteiger partial charge in [0.2, 0.25) is 5.91 Å². The van der Waals surface area contributed by atoms with Gasteiger partial charge in [-0.1, -0.05) is 23.7 Å². The molecule has 0 fully saturated rings. The van der Waals surface area contributed by atoms with Crippen molar-refractivity contribution in [2.75, 3.05) is 5.75 Å². The van der Waals surface area contributed by atoms with E-state index in [0.29, 0.717) is 5.75 Å². The van der Waals surface area contributed by atoms with Crippen molar-refractivity contribution in [2.45, 2.75) is 18.7 Å². The van der Waals surface area contributed by atoms with E-state index in [1.54, 1.807) is 24.2 Å². The maximum Gasteiger partial charge on any atom is 0.230 e. The molecule has 1 amide bonds. The summed E-state index contributed by atoms with van der Waals surface area (Å²) in [7, 11) is 0. The smallest absolute Gasteiger partial charge is 0.230 e. The molecule has 2 N–H and O–H groups in total. The van der Waals surface area contributed by atoms with Crippen LogP contribution in [0, 0.1) is 0 Å². The lowest BCUT2D eigenvalue weighted by Crippen LogP contribution is -2.28. The minimum atomic E-state index is -0.103. The van der Waals surface area contributed by atoms with Crippen molar-refractivity contribution in [1.29, 1.82) is 0 Å². The van der Waals surface area contributed by atoms with E-state index in [0.717, 1.165) is 22.2 Å². The van der Waals surface area contributed by atoms with Gasteiger partial charge in [0.15, 0.2) is 0 Å². The van der Waals surface area contributed by atoms with Crippen LogP contribution in [-0.2, 0) is 10.5 Å². The van der Waals surface area contributed by atoms with Gasteiger partial charge in [0.05, 0.1) is 11.8 Å². The standard InChI is InChI=1S/C14H16ClN3OS/c1-10(14-16-6-7-17-14)18-13(19)9-20-8-11-2-4-12(15)5-3-11/h2-7,10H,8-9H2,1H3,(H,16,17)(H,18,19). The third-order valence-corrected chi connectivity index (χ3v) is 3.98. The van der Waals surface area contributed by atoms with Gasteiger partial charge in [0.1, 0.15) is 5.82 Å². The maximum atomic E-state index is 11.8. The number of aromatic amines is 1.